The molecule has 3 N–H and O–H groups in total. The highest BCUT2D eigenvalue weighted by Gasteiger charge is 2.09. The summed E-state index contributed by atoms with van der Waals surface area (Å²) in [5.41, 5.74) is 0. The third-order valence-electron chi connectivity index (χ3n) is 3.52. The SMILES string of the molecule is O=C(O)CCCCCNC(=O)NCCN1CCCCC1. The van der Waals surface area contributed by atoms with Crippen LogP contribution in [0.25, 0.3) is 0 Å². The smallest absolute Gasteiger partial charge is 0.314 e. The van der Waals surface area contributed by atoms with Crippen LogP contribution in [0.4, 0.5) is 4.79 Å². The summed E-state index contributed by atoms with van der Waals surface area (Å²) in [4.78, 5) is 24.2. The Bertz CT molecular complexity index is 291. The number of hydrogen-bond acceptors (Lipinski definition) is 3. The molecule has 6 heteroatoms. The van der Waals surface area contributed by atoms with E-state index in [4.69, 9.17) is 5.11 Å². The van der Waals surface area contributed by atoms with Crippen LogP contribution in [0.15, 0.2) is 0 Å². The van der Waals surface area contributed by atoms with E-state index in [0.717, 1.165) is 32.5 Å². The van der Waals surface area contributed by atoms with Crippen LogP contribution in [0.1, 0.15) is 44.9 Å². The maximum absolute atomic E-state index is 11.5. The Morgan fingerprint density at radius 1 is 0.950 bits per heavy atom. The van der Waals surface area contributed by atoms with Crippen LogP contribution in [-0.4, -0.2) is 54.7 Å². The molecule has 0 atom stereocenters. The van der Waals surface area contributed by atoms with Crippen LogP contribution in [0.3, 0.4) is 0 Å². The molecule has 20 heavy (non-hydrogen) atoms. The third-order valence-corrected chi connectivity index (χ3v) is 3.52. The van der Waals surface area contributed by atoms with Crippen molar-refractivity contribution in [3.8, 4) is 0 Å². The van der Waals surface area contributed by atoms with Gasteiger partial charge in [0.1, 0.15) is 0 Å². The van der Waals surface area contributed by atoms with Crippen molar-refractivity contribution in [1.29, 1.82) is 0 Å². The number of carboxylic acids is 1. The van der Waals surface area contributed by atoms with Gasteiger partial charge >= 0.3 is 12.0 Å². The second-order valence-corrected chi connectivity index (χ2v) is 5.29. The zero-order valence-corrected chi connectivity index (χ0v) is 12.2. The van der Waals surface area contributed by atoms with E-state index in [-0.39, 0.29) is 12.5 Å². The number of rotatable bonds is 9. The first kappa shape index (κ1) is 16.8. The van der Waals surface area contributed by atoms with Gasteiger partial charge in [0.05, 0.1) is 0 Å². The summed E-state index contributed by atoms with van der Waals surface area (Å²) in [7, 11) is 0. The van der Waals surface area contributed by atoms with E-state index in [1.807, 2.05) is 0 Å². The number of carbonyl (C=O) groups excluding carboxylic acids is 1. The predicted molar refractivity (Wildman–Crippen MR) is 77.8 cm³/mol. The van der Waals surface area contributed by atoms with Gasteiger partial charge < -0.3 is 20.6 Å². The molecule has 0 aromatic rings. The Kier molecular flexibility index (Phi) is 8.78. The average molecular weight is 285 g/mol. The lowest BCUT2D eigenvalue weighted by Crippen LogP contribution is -2.41. The first-order chi connectivity index (χ1) is 9.68. The first-order valence-electron chi connectivity index (χ1n) is 7.64. The van der Waals surface area contributed by atoms with Gasteiger partial charge in [0.25, 0.3) is 0 Å². The summed E-state index contributed by atoms with van der Waals surface area (Å²) in [6.45, 7) is 4.51. The lowest BCUT2D eigenvalue weighted by atomic mass is 10.1. The maximum atomic E-state index is 11.5. The number of carbonyl (C=O) groups is 2. The summed E-state index contributed by atoms with van der Waals surface area (Å²) in [5, 5.41) is 14.1. The zero-order valence-electron chi connectivity index (χ0n) is 12.2. The fraction of sp³-hybridized carbons (Fsp3) is 0.857. The fourth-order valence-corrected chi connectivity index (χ4v) is 2.35. The number of likely N-dealkylation sites (tertiary alicyclic amines) is 1. The topological polar surface area (TPSA) is 81.7 Å². The van der Waals surface area contributed by atoms with Crippen molar-refractivity contribution in [2.75, 3.05) is 32.7 Å². The van der Waals surface area contributed by atoms with Crippen LogP contribution in [0.5, 0.6) is 0 Å². The van der Waals surface area contributed by atoms with Gasteiger partial charge in [0, 0.05) is 26.1 Å². The van der Waals surface area contributed by atoms with Crippen LogP contribution < -0.4 is 10.6 Å². The van der Waals surface area contributed by atoms with Crippen LogP contribution in [0, 0.1) is 0 Å². The van der Waals surface area contributed by atoms with Gasteiger partial charge in [-0.1, -0.05) is 12.8 Å². The van der Waals surface area contributed by atoms with E-state index in [0.29, 0.717) is 19.5 Å². The number of nitrogens with zero attached hydrogens (tertiary/aromatic N) is 1. The summed E-state index contributed by atoms with van der Waals surface area (Å²) in [6.07, 6.45) is 6.40. The fourth-order valence-electron chi connectivity index (χ4n) is 2.35. The van der Waals surface area contributed by atoms with E-state index >= 15 is 0 Å². The molecule has 0 aromatic heterocycles. The molecule has 1 saturated heterocycles. The second kappa shape index (κ2) is 10.5. The van der Waals surface area contributed by atoms with Crippen molar-refractivity contribution in [2.24, 2.45) is 0 Å². The molecule has 0 bridgehead atoms. The van der Waals surface area contributed by atoms with Crippen LogP contribution in [0.2, 0.25) is 0 Å². The van der Waals surface area contributed by atoms with Gasteiger partial charge in [0.2, 0.25) is 0 Å². The van der Waals surface area contributed by atoms with Gasteiger partial charge in [-0.15, -0.1) is 0 Å². The van der Waals surface area contributed by atoms with Gasteiger partial charge in [-0.05, 0) is 38.8 Å². The molecule has 1 fully saturated rings. The zero-order chi connectivity index (χ0) is 14.6. The number of nitrogens with one attached hydrogen (secondary N) is 2. The number of aliphatic carboxylic acids is 1. The number of carboxylic acid groups (broad SMARTS) is 1. The minimum absolute atomic E-state index is 0.125. The van der Waals surface area contributed by atoms with Crippen molar-refractivity contribution in [3.05, 3.63) is 0 Å². The lowest BCUT2D eigenvalue weighted by Gasteiger charge is -2.26. The monoisotopic (exact) mass is 285 g/mol. The molecule has 1 heterocycles. The Labute approximate surface area is 120 Å². The molecule has 0 radical (unpaired) electrons. The van der Waals surface area contributed by atoms with E-state index in [9.17, 15) is 9.59 Å². The normalized spacial score (nSPS) is 15.8. The molecule has 0 aliphatic carbocycles. The second-order valence-electron chi connectivity index (χ2n) is 5.29. The van der Waals surface area contributed by atoms with Crippen LogP contribution >= 0.6 is 0 Å². The standard InChI is InChI=1S/C14H27N3O3/c18-13(19)7-3-1-4-8-15-14(20)16-9-12-17-10-5-2-6-11-17/h1-12H2,(H,18,19)(H2,15,16,20). The molecule has 0 saturated carbocycles. The highest BCUT2D eigenvalue weighted by atomic mass is 16.4. The van der Waals surface area contributed by atoms with Crippen molar-refractivity contribution in [2.45, 2.75) is 44.9 Å². The van der Waals surface area contributed by atoms with Crippen molar-refractivity contribution in [3.63, 3.8) is 0 Å². The number of unbranched alkanes of at least 4 members (excludes halogenated alkanes) is 2. The largest absolute Gasteiger partial charge is 0.481 e. The van der Waals surface area contributed by atoms with Gasteiger partial charge in [0.15, 0.2) is 0 Å². The Morgan fingerprint density at radius 3 is 2.35 bits per heavy atom. The van der Waals surface area contributed by atoms with Crippen molar-refractivity contribution >= 4 is 12.0 Å². The minimum atomic E-state index is -0.756. The summed E-state index contributed by atoms with van der Waals surface area (Å²) in [6, 6.07) is -0.125. The summed E-state index contributed by atoms with van der Waals surface area (Å²) < 4.78 is 0. The molecule has 0 aromatic carbocycles. The van der Waals surface area contributed by atoms with E-state index < -0.39 is 5.97 Å². The van der Waals surface area contributed by atoms with Gasteiger partial charge in [-0.3, -0.25) is 4.79 Å². The highest BCUT2D eigenvalue weighted by molar-refractivity contribution is 5.73. The number of hydrogen-bond donors (Lipinski definition) is 3. The van der Waals surface area contributed by atoms with E-state index in [2.05, 4.69) is 15.5 Å². The van der Waals surface area contributed by atoms with E-state index in [1.165, 1.54) is 19.3 Å². The maximum Gasteiger partial charge on any atom is 0.314 e. The molecular weight excluding hydrogens is 258 g/mol. The van der Waals surface area contributed by atoms with E-state index in [1.54, 1.807) is 0 Å². The third kappa shape index (κ3) is 8.74. The van der Waals surface area contributed by atoms with Gasteiger partial charge in [-0.25, -0.2) is 4.79 Å². The predicted octanol–water partition coefficient (Wildman–Crippen LogP) is 1.42. The number of piperidine rings is 1. The highest BCUT2D eigenvalue weighted by Crippen LogP contribution is 2.07. The molecule has 0 spiro atoms. The molecule has 116 valence electrons. The Morgan fingerprint density at radius 2 is 1.65 bits per heavy atom. The van der Waals surface area contributed by atoms with Gasteiger partial charge in [-0.2, -0.15) is 0 Å². The van der Waals surface area contributed by atoms with Crippen LogP contribution in [-0.2, 0) is 4.79 Å². The quantitative estimate of drug-likeness (QED) is 0.560. The average Bonchev–Trinajstić information content (AvgIpc) is 2.43. The minimum Gasteiger partial charge on any atom is -0.481 e. The molecule has 1 rings (SSSR count). The molecule has 1 aliphatic heterocycles. The lowest BCUT2D eigenvalue weighted by molar-refractivity contribution is -0.137. The van der Waals surface area contributed by atoms with Crippen molar-refractivity contribution in [1.82, 2.24) is 15.5 Å². The summed E-state index contributed by atoms with van der Waals surface area (Å²) in [5.74, 6) is -0.756. The molecule has 1 aliphatic rings. The molecule has 6 nitrogen and oxygen atoms in total. The molecule has 0 unspecified atom stereocenters. The summed E-state index contributed by atoms with van der Waals surface area (Å²) >= 11 is 0. The number of urea groups is 1. The molecular formula is C14H27N3O3. The first-order valence-corrected chi connectivity index (χ1v) is 7.64. The Hall–Kier alpha value is -1.30. The number of amides is 2. The van der Waals surface area contributed by atoms with Crippen molar-refractivity contribution < 1.29 is 14.7 Å². The molecule has 2 amide bonds. The Balaban J connectivity index is 1.88.